The van der Waals surface area contributed by atoms with Crippen molar-refractivity contribution in [3.8, 4) is 17.8 Å². The molecule has 2 heterocycles. The van der Waals surface area contributed by atoms with Crippen LogP contribution >= 0.6 is 0 Å². The van der Waals surface area contributed by atoms with E-state index in [-0.39, 0.29) is 0 Å². The second kappa shape index (κ2) is 5.98. The van der Waals surface area contributed by atoms with Crippen LogP contribution in [0.3, 0.4) is 0 Å². The molecule has 0 aliphatic rings. The summed E-state index contributed by atoms with van der Waals surface area (Å²) in [7, 11) is 0. The van der Waals surface area contributed by atoms with Crippen LogP contribution in [0.5, 0.6) is 0 Å². The first-order chi connectivity index (χ1) is 14.8. The molecule has 4 aromatic carbocycles. The van der Waals surface area contributed by atoms with Crippen LogP contribution in [0.4, 0.5) is 0 Å². The van der Waals surface area contributed by atoms with Crippen LogP contribution in [0, 0.1) is 22.7 Å². The minimum Gasteiger partial charge on any atom is -0.455 e. The fourth-order valence-electron chi connectivity index (χ4n) is 4.43. The van der Waals surface area contributed by atoms with Gasteiger partial charge in [-0.2, -0.15) is 10.5 Å². The molecule has 0 saturated carbocycles. The number of nitriles is 2. The quantitative estimate of drug-likeness (QED) is 0.329. The lowest BCUT2D eigenvalue weighted by Gasteiger charge is -2.10. The molecule has 0 radical (unpaired) electrons. The topological polar surface area (TPSA) is 65.7 Å². The van der Waals surface area contributed by atoms with E-state index in [4.69, 9.17) is 4.42 Å². The van der Waals surface area contributed by atoms with Crippen LogP contribution in [0.1, 0.15) is 11.1 Å². The Morgan fingerprint density at radius 1 is 0.667 bits per heavy atom. The van der Waals surface area contributed by atoms with Crippen LogP contribution in [-0.4, -0.2) is 4.57 Å². The molecule has 4 nitrogen and oxygen atoms in total. The van der Waals surface area contributed by atoms with Crippen molar-refractivity contribution in [3.05, 3.63) is 90.0 Å². The first kappa shape index (κ1) is 16.4. The van der Waals surface area contributed by atoms with Gasteiger partial charge in [0.25, 0.3) is 0 Å². The predicted octanol–water partition coefficient (Wildman–Crippen LogP) is 6.43. The second-order valence-electron chi connectivity index (χ2n) is 7.21. The van der Waals surface area contributed by atoms with Gasteiger partial charge in [0.15, 0.2) is 0 Å². The summed E-state index contributed by atoms with van der Waals surface area (Å²) < 4.78 is 8.35. The van der Waals surface area contributed by atoms with E-state index in [1.54, 1.807) is 6.07 Å². The van der Waals surface area contributed by atoms with Crippen molar-refractivity contribution in [1.29, 1.82) is 10.5 Å². The zero-order chi connectivity index (χ0) is 20.2. The highest BCUT2D eigenvalue weighted by atomic mass is 16.3. The zero-order valence-corrected chi connectivity index (χ0v) is 15.8. The van der Waals surface area contributed by atoms with E-state index < -0.39 is 0 Å². The maximum atomic E-state index is 9.81. The number of furan rings is 1. The van der Waals surface area contributed by atoms with Crippen LogP contribution in [0.25, 0.3) is 49.4 Å². The van der Waals surface area contributed by atoms with E-state index in [0.717, 1.165) is 43.7 Å². The largest absolute Gasteiger partial charge is 0.455 e. The Labute approximate surface area is 171 Å². The molecule has 0 bridgehead atoms. The van der Waals surface area contributed by atoms with E-state index in [1.807, 2.05) is 48.5 Å². The van der Waals surface area contributed by atoms with E-state index in [2.05, 4.69) is 41.0 Å². The Kier molecular flexibility index (Phi) is 3.27. The van der Waals surface area contributed by atoms with Gasteiger partial charge in [-0.25, -0.2) is 0 Å². The molecule has 2 aromatic heterocycles. The monoisotopic (exact) mass is 383 g/mol. The molecule has 0 aliphatic carbocycles. The number of rotatable bonds is 1. The van der Waals surface area contributed by atoms with Crippen molar-refractivity contribution in [2.45, 2.75) is 0 Å². The molecule has 0 aliphatic heterocycles. The van der Waals surface area contributed by atoms with Crippen molar-refractivity contribution >= 4 is 43.7 Å². The Morgan fingerprint density at radius 2 is 1.47 bits per heavy atom. The van der Waals surface area contributed by atoms with Crippen molar-refractivity contribution in [2.24, 2.45) is 0 Å². The summed E-state index contributed by atoms with van der Waals surface area (Å²) in [5.41, 5.74) is 5.01. The van der Waals surface area contributed by atoms with Gasteiger partial charge in [0.05, 0.1) is 33.2 Å². The third-order valence-electron chi connectivity index (χ3n) is 5.70. The van der Waals surface area contributed by atoms with Gasteiger partial charge in [-0.1, -0.05) is 42.5 Å². The lowest BCUT2D eigenvalue weighted by molar-refractivity contribution is 0.673. The zero-order valence-electron chi connectivity index (χ0n) is 15.8. The standard InChI is InChI=1S/C26H13N3O/c27-14-16-6-5-10-22(20(16)15-28)29-21-9-3-1-8-19(21)25-23(29)13-12-18-17-7-2-4-11-24(17)30-26(18)25/h1-13H. The minimum atomic E-state index is 0.366. The van der Waals surface area contributed by atoms with Crippen LogP contribution in [0.15, 0.2) is 83.3 Å². The lowest BCUT2D eigenvalue weighted by atomic mass is 10.1. The minimum absolute atomic E-state index is 0.366. The van der Waals surface area contributed by atoms with E-state index in [1.165, 1.54) is 0 Å². The van der Waals surface area contributed by atoms with Crippen LogP contribution < -0.4 is 0 Å². The van der Waals surface area contributed by atoms with Crippen LogP contribution in [0.2, 0.25) is 0 Å². The SMILES string of the molecule is N#Cc1cccc(-n2c3ccccc3c3c4oc5ccccc5c4ccc32)c1C#N. The van der Waals surface area contributed by atoms with Gasteiger partial charge in [0.1, 0.15) is 23.3 Å². The third kappa shape index (κ3) is 2.02. The van der Waals surface area contributed by atoms with Crippen molar-refractivity contribution in [1.82, 2.24) is 4.57 Å². The first-order valence-corrected chi connectivity index (χ1v) is 9.59. The molecule has 0 atom stereocenters. The van der Waals surface area contributed by atoms with E-state index in [0.29, 0.717) is 16.8 Å². The summed E-state index contributed by atoms with van der Waals surface area (Å²) >= 11 is 0. The molecule has 138 valence electrons. The van der Waals surface area contributed by atoms with Crippen molar-refractivity contribution < 1.29 is 4.42 Å². The molecule has 6 rings (SSSR count). The fraction of sp³-hybridized carbons (Fsp3) is 0. The third-order valence-corrected chi connectivity index (χ3v) is 5.70. The summed E-state index contributed by atoms with van der Waals surface area (Å²) in [5.74, 6) is 0. The molecular weight excluding hydrogens is 370 g/mol. The average Bonchev–Trinajstić information content (AvgIpc) is 3.34. The molecule has 0 N–H and O–H groups in total. The Balaban J connectivity index is 1.86. The predicted molar refractivity (Wildman–Crippen MR) is 117 cm³/mol. The number of benzene rings is 4. The van der Waals surface area contributed by atoms with Gasteiger partial charge in [-0.05, 0) is 36.4 Å². The number of aromatic nitrogens is 1. The molecule has 4 heteroatoms. The van der Waals surface area contributed by atoms with Gasteiger partial charge < -0.3 is 8.98 Å². The second-order valence-corrected chi connectivity index (χ2v) is 7.21. The van der Waals surface area contributed by atoms with Crippen LogP contribution in [-0.2, 0) is 0 Å². The molecule has 6 aromatic rings. The Morgan fingerprint density at radius 3 is 2.30 bits per heavy atom. The molecule has 0 fully saturated rings. The summed E-state index contributed by atoms with van der Waals surface area (Å²) in [6, 6.07) is 30.0. The first-order valence-electron chi connectivity index (χ1n) is 9.59. The lowest BCUT2D eigenvalue weighted by Crippen LogP contribution is -1.99. The highest BCUT2D eigenvalue weighted by Crippen LogP contribution is 2.40. The van der Waals surface area contributed by atoms with E-state index >= 15 is 0 Å². The van der Waals surface area contributed by atoms with Gasteiger partial charge in [-0.15, -0.1) is 0 Å². The van der Waals surface area contributed by atoms with Gasteiger partial charge in [0.2, 0.25) is 0 Å². The number of fused-ring (bicyclic) bond motifs is 7. The average molecular weight is 383 g/mol. The summed E-state index contributed by atoms with van der Waals surface area (Å²) in [6.45, 7) is 0. The molecule has 0 spiro atoms. The molecule has 0 saturated heterocycles. The number of nitrogens with zero attached hydrogens (tertiary/aromatic N) is 3. The molecular formula is C26H13N3O. The van der Waals surface area contributed by atoms with E-state index in [9.17, 15) is 10.5 Å². The Hall–Kier alpha value is -4.54. The molecule has 30 heavy (non-hydrogen) atoms. The maximum absolute atomic E-state index is 9.81. The highest BCUT2D eigenvalue weighted by Gasteiger charge is 2.20. The Bertz CT molecular complexity index is 1720. The van der Waals surface area contributed by atoms with Gasteiger partial charge >= 0.3 is 0 Å². The molecule has 0 amide bonds. The summed E-state index contributed by atoms with van der Waals surface area (Å²) in [6.07, 6.45) is 0. The number of hydrogen-bond acceptors (Lipinski definition) is 3. The summed E-state index contributed by atoms with van der Waals surface area (Å²) in [5, 5.41) is 23.5. The number of hydrogen-bond donors (Lipinski definition) is 0. The van der Waals surface area contributed by atoms with Gasteiger partial charge in [0, 0.05) is 16.2 Å². The van der Waals surface area contributed by atoms with Crippen molar-refractivity contribution in [3.63, 3.8) is 0 Å². The maximum Gasteiger partial charge on any atom is 0.145 e. The smallest absolute Gasteiger partial charge is 0.145 e. The summed E-state index contributed by atoms with van der Waals surface area (Å²) in [4.78, 5) is 0. The van der Waals surface area contributed by atoms with Crippen molar-refractivity contribution in [2.75, 3.05) is 0 Å². The fourth-order valence-corrected chi connectivity index (χ4v) is 4.43. The normalized spacial score (nSPS) is 11.3. The highest BCUT2D eigenvalue weighted by molar-refractivity contribution is 6.23. The van der Waals surface area contributed by atoms with Gasteiger partial charge in [-0.3, -0.25) is 0 Å². The molecule has 0 unspecified atom stereocenters. The number of para-hydroxylation sites is 2.